The summed E-state index contributed by atoms with van der Waals surface area (Å²) < 4.78 is 0. The van der Waals surface area contributed by atoms with Gasteiger partial charge in [0.05, 0.1) is 6.10 Å². The third-order valence-corrected chi connectivity index (χ3v) is 3.28. The first-order chi connectivity index (χ1) is 7.97. The van der Waals surface area contributed by atoms with Gasteiger partial charge in [0.1, 0.15) is 0 Å². The maximum atomic E-state index is 9.55. The van der Waals surface area contributed by atoms with E-state index in [1.807, 2.05) is 6.92 Å². The number of halogens is 1. The SMILES string of the molecule is CC(C)=CCCC(C)=CCC=C(C)C(O)CBr. The van der Waals surface area contributed by atoms with Crippen LogP contribution in [-0.4, -0.2) is 16.5 Å². The van der Waals surface area contributed by atoms with Crippen LogP contribution in [0.15, 0.2) is 34.9 Å². The molecule has 0 bridgehead atoms. The molecule has 0 spiro atoms. The zero-order valence-electron chi connectivity index (χ0n) is 11.5. The standard InChI is InChI=1S/C15H25BrO/c1-12(2)7-5-8-13(3)9-6-10-14(4)15(17)11-16/h7,9-10,15,17H,5-6,8,11H2,1-4H3. The van der Waals surface area contributed by atoms with Crippen LogP contribution in [0.5, 0.6) is 0 Å². The van der Waals surface area contributed by atoms with Crippen LogP contribution in [0.2, 0.25) is 0 Å². The van der Waals surface area contributed by atoms with Gasteiger partial charge in [0.15, 0.2) is 0 Å². The van der Waals surface area contributed by atoms with Crippen molar-refractivity contribution in [1.82, 2.24) is 0 Å². The summed E-state index contributed by atoms with van der Waals surface area (Å²) >= 11 is 3.27. The molecule has 0 aromatic heterocycles. The van der Waals surface area contributed by atoms with Crippen molar-refractivity contribution in [2.45, 2.75) is 53.1 Å². The zero-order valence-corrected chi connectivity index (χ0v) is 13.0. The molecule has 1 N–H and O–H groups in total. The molecule has 0 aliphatic heterocycles. The van der Waals surface area contributed by atoms with Gasteiger partial charge in [-0.25, -0.2) is 0 Å². The van der Waals surface area contributed by atoms with Gasteiger partial charge in [-0.15, -0.1) is 0 Å². The number of aliphatic hydroxyl groups is 1. The minimum Gasteiger partial charge on any atom is -0.388 e. The van der Waals surface area contributed by atoms with Crippen LogP contribution >= 0.6 is 15.9 Å². The van der Waals surface area contributed by atoms with Gasteiger partial charge in [0, 0.05) is 5.33 Å². The van der Waals surface area contributed by atoms with E-state index in [4.69, 9.17) is 0 Å². The van der Waals surface area contributed by atoms with Gasteiger partial charge < -0.3 is 5.11 Å². The fourth-order valence-corrected chi connectivity index (χ4v) is 1.90. The molecule has 0 amide bonds. The Morgan fingerprint density at radius 2 is 1.76 bits per heavy atom. The van der Waals surface area contributed by atoms with Gasteiger partial charge in [-0.05, 0) is 52.5 Å². The highest BCUT2D eigenvalue weighted by Gasteiger charge is 2.01. The van der Waals surface area contributed by atoms with Gasteiger partial charge in [0.25, 0.3) is 0 Å². The summed E-state index contributed by atoms with van der Waals surface area (Å²) in [5.41, 5.74) is 3.84. The Morgan fingerprint density at radius 1 is 1.12 bits per heavy atom. The predicted octanol–water partition coefficient (Wildman–Crippen LogP) is 4.77. The molecule has 1 unspecified atom stereocenters. The van der Waals surface area contributed by atoms with Crippen LogP contribution in [0.25, 0.3) is 0 Å². The third kappa shape index (κ3) is 9.37. The van der Waals surface area contributed by atoms with Crippen molar-refractivity contribution in [1.29, 1.82) is 0 Å². The van der Waals surface area contributed by atoms with E-state index in [1.165, 1.54) is 11.1 Å². The smallest absolute Gasteiger partial charge is 0.0844 e. The lowest BCUT2D eigenvalue weighted by molar-refractivity contribution is 0.237. The van der Waals surface area contributed by atoms with E-state index in [0.717, 1.165) is 24.8 Å². The topological polar surface area (TPSA) is 20.2 Å². The third-order valence-electron chi connectivity index (χ3n) is 2.67. The molecule has 0 saturated heterocycles. The van der Waals surface area contributed by atoms with Gasteiger partial charge in [-0.1, -0.05) is 45.3 Å². The van der Waals surface area contributed by atoms with E-state index in [1.54, 1.807) is 0 Å². The molecule has 0 saturated carbocycles. The van der Waals surface area contributed by atoms with Crippen molar-refractivity contribution in [2.75, 3.05) is 5.33 Å². The molecular formula is C15H25BrO. The summed E-state index contributed by atoms with van der Waals surface area (Å²) in [6.45, 7) is 8.40. The van der Waals surface area contributed by atoms with Gasteiger partial charge >= 0.3 is 0 Å². The van der Waals surface area contributed by atoms with Gasteiger partial charge in [-0.3, -0.25) is 0 Å². The van der Waals surface area contributed by atoms with Crippen molar-refractivity contribution >= 4 is 15.9 Å². The predicted molar refractivity (Wildman–Crippen MR) is 80.6 cm³/mol. The number of rotatable bonds is 7. The zero-order chi connectivity index (χ0) is 13.3. The van der Waals surface area contributed by atoms with Crippen LogP contribution in [0.1, 0.15) is 47.0 Å². The monoisotopic (exact) mass is 300 g/mol. The average Bonchev–Trinajstić information content (AvgIpc) is 2.27. The number of alkyl halides is 1. The maximum absolute atomic E-state index is 9.55. The minimum atomic E-state index is -0.352. The quantitative estimate of drug-likeness (QED) is 0.530. The number of hydrogen-bond donors (Lipinski definition) is 1. The molecule has 17 heavy (non-hydrogen) atoms. The number of aliphatic hydroxyl groups excluding tert-OH is 1. The molecule has 0 aromatic carbocycles. The first kappa shape index (κ1) is 16.7. The van der Waals surface area contributed by atoms with Crippen LogP contribution < -0.4 is 0 Å². The van der Waals surface area contributed by atoms with Crippen LogP contribution in [0, 0.1) is 0 Å². The molecule has 0 rings (SSSR count). The minimum absolute atomic E-state index is 0.352. The summed E-state index contributed by atoms with van der Waals surface area (Å²) in [5.74, 6) is 0. The van der Waals surface area contributed by atoms with Crippen LogP contribution in [0.4, 0.5) is 0 Å². The summed E-state index contributed by atoms with van der Waals surface area (Å²) in [5, 5.41) is 10.2. The Morgan fingerprint density at radius 3 is 2.29 bits per heavy atom. The van der Waals surface area contributed by atoms with Crippen LogP contribution in [-0.2, 0) is 0 Å². The van der Waals surface area contributed by atoms with E-state index in [2.05, 4.69) is 54.9 Å². The van der Waals surface area contributed by atoms with Crippen molar-refractivity contribution in [3.63, 3.8) is 0 Å². The fourth-order valence-electron chi connectivity index (χ4n) is 1.39. The van der Waals surface area contributed by atoms with Crippen molar-refractivity contribution in [3.8, 4) is 0 Å². The highest BCUT2D eigenvalue weighted by molar-refractivity contribution is 9.09. The van der Waals surface area contributed by atoms with Gasteiger partial charge in [-0.2, -0.15) is 0 Å². The van der Waals surface area contributed by atoms with Crippen molar-refractivity contribution in [2.24, 2.45) is 0 Å². The second-order valence-electron chi connectivity index (χ2n) is 4.72. The van der Waals surface area contributed by atoms with E-state index in [9.17, 15) is 5.11 Å². The van der Waals surface area contributed by atoms with E-state index in [-0.39, 0.29) is 6.10 Å². The molecule has 0 aliphatic rings. The lowest BCUT2D eigenvalue weighted by atomic mass is 10.1. The second-order valence-corrected chi connectivity index (χ2v) is 5.37. The van der Waals surface area contributed by atoms with E-state index < -0.39 is 0 Å². The molecule has 0 aromatic rings. The van der Waals surface area contributed by atoms with E-state index in [0.29, 0.717) is 5.33 Å². The lowest BCUT2D eigenvalue weighted by Crippen LogP contribution is -2.08. The Hall–Kier alpha value is -0.340. The molecule has 98 valence electrons. The molecule has 1 atom stereocenters. The van der Waals surface area contributed by atoms with E-state index >= 15 is 0 Å². The first-order valence-electron chi connectivity index (χ1n) is 6.17. The Balaban J connectivity index is 4.03. The normalized spacial score (nSPS) is 14.7. The summed E-state index contributed by atoms with van der Waals surface area (Å²) in [7, 11) is 0. The summed E-state index contributed by atoms with van der Waals surface area (Å²) in [4.78, 5) is 0. The Bertz CT molecular complexity index is 296. The highest BCUT2D eigenvalue weighted by atomic mass is 79.9. The fraction of sp³-hybridized carbons (Fsp3) is 0.600. The molecule has 1 nitrogen and oxygen atoms in total. The number of allylic oxidation sites excluding steroid dienone is 5. The molecule has 0 heterocycles. The summed E-state index contributed by atoms with van der Waals surface area (Å²) in [6.07, 6.45) is 9.41. The molecule has 2 heteroatoms. The van der Waals surface area contributed by atoms with Crippen LogP contribution in [0.3, 0.4) is 0 Å². The Labute approximate surface area is 114 Å². The second kappa shape index (κ2) is 9.67. The maximum Gasteiger partial charge on any atom is 0.0844 e. The largest absolute Gasteiger partial charge is 0.388 e. The van der Waals surface area contributed by atoms with Crippen molar-refractivity contribution < 1.29 is 5.11 Å². The number of hydrogen-bond acceptors (Lipinski definition) is 1. The lowest BCUT2D eigenvalue weighted by Gasteiger charge is -2.06. The molecule has 0 aliphatic carbocycles. The molecule has 0 radical (unpaired) electrons. The molecule has 0 fully saturated rings. The van der Waals surface area contributed by atoms with Crippen molar-refractivity contribution in [3.05, 3.63) is 34.9 Å². The summed E-state index contributed by atoms with van der Waals surface area (Å²) in [6, 6.07) is 0. The Kier molecular flexibility index (Phi) is 9.47. The molecular weight excluding hydrogens is 276 g/mol. The average molecular weight is 301 g/mol. The van der Waals surface area contributed by atoms with Gasteiger partial charge in [0.2, 0.25) is 0 Å². The highest BCUT2D eigenvalue weighted by Crippen LogP contribution is 2.10. The first-order valence-corrected chi connectivity index (χ1v) is 7.29.